The number of amides is 1. The van der Waals surface area contributed by atoms with Crippen molar-refractivity contribution in [2.45, 2.75) is 0 Å². The van der Waals surface area contributed by atoms with Crippen LogP contribution in [-0.4, -0.2) is 17.0 Å². The van der Waals surface area contributed by atoms with Crippen LogP contribution in [-0.2, 0) is 4.79 Å². The molecule has 40 valence electrons. The zero-order chi connectivity index (χ0) is 6.28. The Bertz CT molecular complexity index is 77.7. The van der Waals surface area contributed by atoms with E-state index in [0.29, 0.717) is 6.15 Å². The van der Waals surface area contributed by atoms with Crippen molar-refractivity contribution in [2.75, 3.05) is 0 Å². The smallest absolute Gasteiger partial charge is 0.530 e. The van der Waals surface area contributed by atoms with Gasteiger partial charge in [0.05, 0.1) is 0 Å². The number of carbonyl (C=O) groups excluding carboxylic acids is 3. The molecule has 0 aromatic heterocycles. The van der Waals surface area contributed by atoms with Gasteiger partial charge in [0, 0.05) is 0 Å². The summed E-state index contributed by atoms with van der Waals surface area (Å²) >= 11 is 0. The fraction of sp³-hybridized carbons (Fsp3) is 0. The van der Waals surface area contributed by atoms with Crippen LogP contribution in [0.15, 0.2) is 0 Å². The van der Waals surface area contributed by atoms with E-state index in [9.17, 15) is 0 Å². The Morgan fingerprint density at radius 3 is 1.86 bits per heavy atom. The van der Waals surface area contributed by atoms with Crippen molar-refractivity contribution in [1.82, 2.24) is 0 Å². The van der Waals surface area contributed by atoms with Crippen molar-refractivity contribution < 1.29 is 19.5 Å². The van der Waals surface area contributed by atoms with Crippen molar-refractivity contribution in [3.63, 3.8) is 0 Å². The van der Waals surface area contributed by atoms with Crippen LogP contribution in [0.1, 0.15) is 0 Å². The number of primary amides is 1. The van der Waals surface area contributed by atoms with E-state index in [4.69, 9.17) is 19.5 Å². The molecule has 3 N–H and O–H groups in total. The molecule has 0 aliphatic carbocycles. The zero-order valence-corrected chi connectivity index (χ0v) is 3.25. The van der Waals surface area contributed by atoms with Gasteiger partial charge in [-0.3, -0.25) is 4.79 Å². The number of carbonyl (C=O) groups is 1. The normalized spacial score (nSPS) is 4.57. The fourth-order valence-corrected chi connectivity index (χ4v) is 0. The number of carboxylic acid groups (broad SMARTS) is 1. The highest BCUT2D eigenvalue weighted by Gasteiger charge is 1.44. The highest BCUT2D eigenvalue weighted by Crippen LogP contribution is 1.23. The minimum atomic E-state index is -1.58. The maximum atomic E-state index is 8.67. The van der Waals surface area contributed by atoms with Crippen molar-refractivity contribution in [1.29, 1.82) is 0 Å². The predicted molar refractivity (Wildman–Crippen MR) is 16.5 cm³/mol. The second-order valence-electron chi connectivity index (χ2n) is 0.410. The van der Waals surface area contributed by atoms with E-state index >= 15 is 0 Å². The van der Waals surface area contributed by atoms with Crippen LogP contribution < -0.4 is 10.8 Å². The Labute approximate surface area is 38.7 Å². The maximum absolute atomic E-state index is 8.67. The van der Waals surface area contributed by atoms with Gasteiger partial charge in [-0.25, -0.2) is 0 Å². The second kappa shape index (κ2) is 8.82. The summed E-state index contributed by atoms with van der Waals surface area (Å²) in [6.45, 7) is 0. The molecule has 1 amide bonds. The first-order chi connectivity index (χ1) is 3.15. The van der Waals surface area contributed by atoms with Crippen LogP contribution in [0.2, 0.25) is 0 Å². The molecule has 0 aliphatic rings. The number of hydrogen-bond donors (Lipinski definition) is 1. The van der Waals surface area contributed by atoms with Crippen LogP contribution >= 0.6 is 0 Å². The lowest BCUT2D eigenvalue weighted by Gasteiger charge is -1.78. The van der Waals surface area contributed by atoms with Crippen molar-refractivity contribution in [2.24, 2.45) is 5.73 Å². The SMILES string of the molecule is NC(=O)[O-].O=C=[OH+]. The van der Waals surface area contributed by atoms with Gasteiger partial charge in [0.2, 0.25) is 0 Å². The van der Waals surface area contributed by atoms with Crippen molar-refractivity contribution in [3.8, 4) is 0 Å². The van der Waals surface area contributed by atoms with E-state index in [1.165, 1.54) is 0 Å². The standard InChI is InChI=1S/CH3NO2.CO2/c2-1(3)4;2-1-3/h2H2,(H,3,4);. The van der Waals surface area contributed by atoms with Gasteiger partial charge in [0.25, 0.3) is 0 Å². The average Bonchev–Trinajstić information content (AvgIpc) is 1.33. The molecular formula is C2H3NO4. The van der Waals surface area contributed by atoms with E-state index in [0.717, 1.165) is 0 Å². The first kappa shape index (κ1) is 9.17. The van der Waals surface area contributed by atoms with Crippen LogP contribution in [0.25, 0.3) is 0 Å². The summed E-state index contributed by atoms with van der Waals surface area (Å²) in [6.07, 6.45) is -1.08. The third kappa shape index (κ3) is 17.9. The molecule has 0 bridgehead atoms. The third-order valence-corrected chi connectivity index (χ3v) is 0. The Balaban J connectivity index is 0. The first-order valence-corrected chi connectivity index (χ1v) is 1.12. The molecule has 0 rings (SSSR count). The van der Waals surface area contributed by atoms with E-state index in [-0.39, 0.29) is 0 Å². The van der Waals surface area contributed by atoms with E-state index < -0.39 is 6.09 Å². The lowest BCUT2D eigenvalue weighted by Crippen LogP contribution is -2.29. The molecule has 0 aromatic rings. The molecule has 0 saturated heterocycles. The lowest BCUT2D eigenvalue weighted by molar-refractivity contribution is -0.245. The quantitative estimate of drug-likeness (QED) is 0.349. The Morgan fingerprint density at radius 2 is 1.86 bits per heavy atom. The summed E-state index contributed by atoms with van der Waals surface area (Å²) in [5.41, 5.74) is 3.92. The molecule has 0 unspecified atom stereocenters. The highest BCUT2D eigenvalue weighted by molar-refractivity contribution is 5.58. The van der Waals surface area contributed by atoms with Crippen LogP contribution in [0, 0.1) is 0 Å². The van der Waals surface area contributed by atoms with Gasteiger partial charge in [0.1, 0.15) is 10.9 Å². The molecule has 0 atom stereocenters. The van der Waals surface area contributed by atoms with Crippen molar-refractivity contribution >= 4 is 12.2 Å². The molecule has 0 radical (unpaired) electrons. The monoisotopic (exact) mass is 105 g/mol. The van der Waals surface area contributed by atoms with Gasteiger partial charge in [-0.05, 0) is 0 Å². The summed E-state index contributed by atoms with van der Waals surface area (Å²) in [6, 6.07) is 0. The number of hydrogen-bond acceptors (Lipinski definition) is 3. The lowest BCUT2D eigenvalue weighted by atomic mass is 11.3. The van der Waals surface area contributed by atoms with E-state index in [2.05, 4.69) is 5.73 Å². The van der Waals surface area contributed by atoms with Crippen molar-refractivity contribution in [3.05, 3.63) is 0 Å². The van der Waals surface area contributed by atoms with Gasteiger partial charge < -0.3 is 15.6 Å². The van der Waals surface area contributed by atoms with Gasteiger partial charge in [0.15, 0.2) is 0 Å². The molecule has 0 heterocycles. The molecular weight excluding hydrogens is 102 g/mol. The Kier molecular flexibility index (Phi) is 11.6. The van der Waals surface area contributed by atoms with Gasteiger partial charge in [-0.15, -0.1) is 0 Å². The largest absolute Gasteiger partial charge is 0.660 e. The minimum absolute atomic E-state index is 0.500. The second-order valence-corrected chi connectivity index (χ2v) is 0.410. The summed E-state index contributed by atoms with van der Waals surface area (Å²) in [5.74, 6) is 0. The zero-order valence-electron chi connectivity index (χ0n) is 3.25. The third-order valence-electron chi connectivity index (χ3n) is 0. The molecule has 0 spiro atoms. The van der Waals surface area contributed by atoms with Gasteiger partial charge in [-0.1, -0.05) is 0 Å². The summed E-state index contributed by atoms with van der Waals surface area (Å²) in [5, 5.41) is 8.67. The molecule has 7 heavy (non-hydrogen) atoms. The van der Waals surface area contributed by atoms with Crippen LogP contribution in [0.4, 0.5) is 4.79 Å². The fourth-order valence-electron chi connectivity index (χ4n) is 0. The topological polar surface area (TPSA) is 105 Å². The van der Waals surface area contributed by atoms with Gasteiger partial charge in [-0.2, -0.15) is 0 Å². The maximum Gasteiger partial charge on any atom is 0.660 e. The van der Waals surface area contributed by atoms with Gasteiger partial charge >= 0.3 is 6.15 Å². The minimum Gasteiger partial charge on any atom is -0.530 e. The Hall–Kier alpha value is -1.35. The highest BCUT2D eigenvalue weighted by atomic mass is 16.4. The summed E-state index contributed by atoms with van der Waals surface area (Å²) in [4.78, 5) is 23.7. The molecule has 5 nitrogen and oxygen atoms in total. The number of rotatable bonds is 0. The van der Waals surface area contributed by atoms with Crippen LogP contribution in [0.5, 0.6) is 0 Å². The average molecular weight is 105 g/mol. The molecule has 0 saturated carbocycles. The number of nitrogens with two attached hydrogens (primary N) is 1. The molecule has 0 aliphatic heterocycles. The van der Waals surface area contributed by atoms with Crippen LogP contribution in [0.3, 0.4) is 0 Å². The van der Waals surface area contributed by atoms with E-state index in [1.54, 1.807) is 0 Å². The van der Waals surface area contributed by atoms with E-state index in [1.807, 2.05) is 0 Å². The molecule has 0 aromatic carbocycles. The summed E-state index contributed by atoms with van der Waals surface area (Å²) in [7, 11) is 0. The summed E-state index contributed by atoms with van der Waals surface area (Å²) < 4.78 is 0. The Morgan fingerprint density at radius 1 is 1.86 bits per heavy atom. The molecule has 5 heteroatoms. The molecule has 0 fully saturated rings. The predicted octanol–water partition coefficient (Wildman–Crippen LogP) is -2.32. The first-order valence-electron chi connectivity index (χ1n) is 1.12.